The lowest BCUT2D eigenvalue weighted by Crippen LogP contribution is -2.31. The average Bonchev–Trinajstić information content (AvgIpc) is 2.84. The number of alkyl halides is 3. The lowest BCUT2D eigenvalue weighted by molar-refractivity contribution is -0.139. The summed E-state index contributed by atoms with van der Waals surface area (Å²) in [4.78, 5) is 0. The van der Waals surface area contributed by atoms with Crippen LogP contribution in [-0.2, 0) is 6.18 Å². The van der Waals surface area contributed by atoms with Crippen molar-refractivity contribution in [1.29, 1.82) is 0 Å². The smallest absolute Gasteiger partial charge is 0.206 e. The summed E-state index contributed by atoms with van der Waals surface area (Å²) in [5, 5.41) is 3.69. The summed E-state index contributed by atoms with van der Waals surface area (Å²) in [6.45, 7) is -1.90. The van der Waals surface area contributed by atoms with Crippen molar-refractivity contribution in [1.82, 2.24) is 0 Å². The zero-order valence-electron chi connectivity index (χ0n) is 18.7. The molecule has 0 N–H and O–H groups in total. The third-order valence-electron chi connectivity index (χ3n) is 6.44. The van der Waals surface area contributed by atoms with Gasteiger partial charge in [-0.15, -0.1) is 0 Å². The molecule has 6 heteroatoms. The zero-order chi connectivity index (χ0) is 25.0. The highest BCUT2D eigenvalue weighted by atomic mass is 31.2. The van der Waals surface area contributed by atoms with Crippen LogP contribution in [-0.4, -0.2) is 6.30 Å². The fourth-order valence-electron chi connectivity index (χ4n) is 4.70. The molecule has 0 saturated heterocycles. The molecule has 1 atom stereocenters. The Morgan fingerprint density at radius 2 is 1.20 bits per heavy atom. The summed E-state index contributed by atoms with van der Waals surface area (Å²) in [6, 6.07) is 24.7. The molecule has 0 heterocycles. The highest BCUT2D eigenvalue weighted by Crippen LogP contribution is 2.48. The number of aryl methyl sites for hydroxylation is 1. The van der Waals surface area contributed by atoms with Gasteiger partial charge in [0.2, 0.25) is 0 Å². The van der Waals surface area contributed by atoms with Crippen molar-refractivity contribution in [2.24, 2.45) is 0 Å². The van der Waals surface area contributed by atoms with E-state index in [0.717, 1.165) is 22.2 Å². The Morgan fingerprint density at radius 3 is 1.89 bits per heavy atom. The molecule has 0 aliphatic carbocycles. The number of benzene rings is 5. The first-order valence-electron chi connectivity index (χ1n) is 10.9. The van der Waals surface area contributed by atoms with Gasteiger partial charge >= 0.3 is 6.18 Å². The first kappa shape index (κ1) is 23.3. The molecule has 0 amide bonds. The Hall–Kier alpha value is -3.43. The third-order valence-corrected chi connectivity index (χ3v) is 9.96. The minimum absolute atomic E-state index is 0.108. The maximum atomic E-state index is 15.7. The highest BCUT2D eigenvalue weighted by molar-refractivity contribution is 7.93. The van der Waals surface area contributed by atoms with Crippen LogP contribution in [0.5, 0.6) is 0 Å². The van der Waals surface area contributed by atoms with Gasteiger partial charge in [-0.05, 0) is 58.4 Å². The zero-order valence-corrected chi connectivity index (χ0v) is 19.6. The largest absolute Gasteiger partial charge is 0.419 e. The average molecular weight is 494 g/mol. The lowest BCUT2D eigenvalue weighted by atomic mass is 10.0. The van der Waals surface area contributed by atoms with Gasteiger partial charge in [-0.1, -0.05) is 85.2 Å². The summed E-state index contributed by atoms with van der Waals surface area (Å²) in [7, 11) is 0. The molecule has 0 aromatic heterocycles. The molecule has 176 valence electrons. The third kappa shape index (κ3) is 3.66. The number of hydrogen-bond donors (Lipinski definition) is 0. The molecule has 5 aromatic carbocycles. The van der Waals surface area contributed by atoms with Crippen molar-refractivity contribution in [3.05, 3.63) is 114 Å². The maximum absolute atomic E-state index is 15.7. The molecule has 0 radical (unpaired) electrons. The van der Waals surface area contributed by atoms with E-state index in [1.807, 2.05) is 48.5 Å². The quantitative estimate of drug-likeness (QED) is 0.140. The molecule has 0 aliphatic heterocycles. The van der Waals surface area contributed by atoms with E-state index in [-0.39, 0.29) is 10.6 Å². The van der Waals surface area contributed by atoms with Crippen LogP contribution in [0.3, 0.4) is 0 Å². The van der Waals surface area contributed by atoms with Crippen LogP contribution in [0.25, 0.3) is 21.5 Å². The van der Waals surface area contributed by atoms with E-state index in [4.69, 9.17) is 0 Å². The van der Waals surface area contributed by atoms with E-state index in [9.17, 15) is 13.2 Å². The summed E-state index contributed by atoms with van der Waals surface area (Å²) in [5.41, 5.74) is -1.07. The predicted molar refractivity (Wildman–Crippen MR) is 137 cm³/mol. The summed E-state index contributed by atoms with van der Waals surface area (Å²) >= 11 is 0. The van der Waals surface area contributed by atoms with Crippen molar-refractivity contribution in [3.63, 3.8) is 0 Å². The van der Waals surface area contributed by atoms with Gasteiger partial charge in [0.1, 0.15) is 11.6 Å². The predicted octanol–water partition coefficient (Wildman–Crippen LogP) is 7.32. The maximum Gasteiger partial charge on any atom is 0.419 e. The fourth-order valence-corrected chi connectivity index (χ4v) is 8.09. The van der Waals surface area contributed by atoms with Gasteiger partial charge in [-0.2, -0.15) is 13.2 Å². The molecule has 1 unspecified atom stereocenters. The molecular weight excluding hydrogens is 474 g/mol. The number of halogens is 5. The molecule has 35 heavy (non-hydrogen) atoms. The monoisotopic (exact) mass is 494 g/mol. The number of hydrogen-bond acceptors (Lipinski definition) is 0. The van der Waals surface area contributed by atoms with Crippen molar-refractivity contribution in [2.45, 2.75) is 13.1 Å². The van der Waals surface area contributed by atoms with Crippen LogP contribution in [0.15, 0.2) is 91.0 Å². The highest BCUT2D eigenvalue weighted by Gasteiger charge is 2.38. The molecule has 0 saturated carbocycles. The second kappa shape index (κ2) is 8.35. The van der Waals surface area contributed by atoms with Crippen molar-refractivity contribution in [2.75, 3.05) is 0 Å². The van der Waals surface area contributed by atoms with Crippen LogP contribution >= 0.6 is 6.89 Å². The topological polar surface area (TPSA) is 0 Å². The second-order valence-electron chi connectivity index (χ2n) is 8.52. The molecule has 5 aromatic rings. The molecule has 5 rings (SSSR count). The Kier molecular flexibility index (Phi) is 5.56. The van der Waals surface area contributed by atoms with Crippen LogP contribution in [0.4, 0.5) is 22.0 Å². The Morgan fingerprint density at radius 1 is 0.629 bits per heavy atom. The summed E-state index contributed by atoms with van der Waals surface area (Å²) < 4.78 is 72.5. The fraction of sp³-hybridized carbons (Fsp3) is 0.0690. The van der Waals surface area contributed by atoms with Crippen molar-refractivity contribution < 1.29 is 22.0 Å². The van der Waals surface area contributed by atoms with E-state index in [1.165, 1.54) is 12.1 Å². The molecule has 0 aliphatic rings. The van der Waals surface area contributed by atoms with E-state index in [0.29, 0.717) is 22.3 Å². The minimum atomic E-state index is -4.90. The Bertz CT molecular complexity index is 1650. The normalized spacial score (nSPS) is 13.8. The molecular formula is C29H20F5P. The van der Waals surface area contributed by atoms with Crippen LogP contribution < -0.4 is 15.9 Å². The summed E-state index contributed by atoms with van der Waals surface area (Å²) in [6.07, 6.45) is -0.514. The van der Waals surface area contributed by atoms with E-state index < -0.39 is 30.3 Å². The first-order chi connectivity index (χ1) is 16.6. The van der Waals surface area contributed by atoms with Crippen LogP contribution in [0, 0.1) is 18.6 Å². The van der Waals surface area contributed by atoms with Gasteiger partial charge in [0, 0.05) is 10.6 Å². The van der Waals surface area contributed by atoms with Gasteiger partial charge in [-0.3, -0.25) is 0 Å². The molecule has 0 nitrogen and oxygen atoms in total. The Labute approximate surface area is 199 Å². The summed E-state index contributed by atoms with van der Waals surface area (Å²) in [5.74, 6) is -2.01. The molecule has 0 spiro atoms. The van der Waals surface area contributed by atoms with Gasteiger partial charge in [0.25, 0.3) is 0 Å². The van der Waals surface area contributed by atoms with Gasteiger partial charge < -0.3 is 0 Å². The minimum Gasteiger partial charge on any atom is -0.206 e. The lowest BCUT2D eigenvalue weighted by Gasteiger charge is -2.30. The van der Waals surface area contributed by atoms with E-state index in [1.54, 1.807) is 25.1 Å². The van der Waals surface area contributed by atoms with Crippen LogP contribution in [0.2, 0.25) is 0 Å². The molecule has 0 bridgehead atoms. The first-order valence-corrected chi connectivity index (χ1v) is 12.9. The van der Waals surface area contributed by atoms with Crippen molar-refractivity contribution in [3.8, 4) is 0 Å². The van der Waals surface area contributed by atoms with Crippen molar-refractivity contribution >= 4 is 50.6 Å². The van der Waals surface area contributed by atoms with Gasteiger partial charge in [-0.25, -0.2) is 8.78 Å². The van der Waals surface area contributed by atoms with E-state index in [2.05, 4.69) is 6.30 Å². The second-order valence-corrected chi connectivity index (χ2v) is 11.6. The van der Waals surface area contributed by atoms with Crippen LogP contribution in [0.1, 0.15) is 11.1 Å². The van der Waals surface area contributed by atoms with E-state index >= 15 is 8.78 Å². The standard InChI is InChI=1S/C29H20F5P/c1-18-9-7-15-24(27(18)30)35(2,25-16-8-14-23(28(25)31)29(32,33)34)26-17-19-10-3-4-11-20(19)21-12-5-6-13-22(21)26/h3-17H,2H2,1H3. The van der Waals surface area contributed by atoms with Gasteiger partial charge in [0.05, 0.1) is 5.56 Å². The number of rotatable bonds is 3. The molecule has 0 fully saturated rings. The Balaban J connectivity index is 2.00. The van der Waals surface area contributed by atoms with Gasteiger partial charge in [0.15, 0.2) is 0 Å². The number of fused-ring (bicyclic) bond motifs is 3. The SMILES string of the molecule is C=P(c1cccc(C)c1F)(c1cccc(C(F)(F)F)c1F)c1cc2ccccc2c2ccccc12.